The average molecular weight is 268 g/mol. The highest BCUT2D eigenvalue weighted by Gasteiger charge is 2.34. The summed E-state index contributed by atoms with van der Waals surface area (Å²) in [7, 11) is 1.36. The first-order valence-electron chi connectivity index (χ1n) is 7.31. The molecule has 3 unspecified atom stereocenters. The number of fused-ring (bicyclic) bond motifs is 1. The number of carbonyl (C=O) groups is 2. The van der Waals surface area contributed by atoms with Gasteiger partial charge in [-0.1, -0.05) is 12.8 Å². The number of esters is 1. The quantitative estimate of drug-likeness (QED) is 0.746. The van der Waals surface area contributed by atoms with E-state index in [0.29, 0.717) is 12.6 Å². The normalized spacial score (nSPS) is 30.3. The van der Waals surface area contributed by atoms with Crippen LogP contribution in [0.3, 0.4) is 0 Å². The zero-order chi connectivity index (χ0) is 13.7. The van der Waals surface area contributed by atoms with Gasteiger partial charge in [0.25, 0.3) is 0 Å². The molecule has 2 N–H and O–H groups in total. The molecule has 0 aromatic carbocycles. The lowest BCUT2D eigenvalue weighted by Crippen LogP contribution is -2.55. The van der Waals surface area contributed by atoms with Crippen molar-refractivity contribution >= 4 is 11.9 Å². The van der Waals surface area contributed by atoms with E-state index in [1.807, 2.05) is 0 Å². The van der Waals surface area contributed by atoms with Crippen LogP contribution >= 0.6 is 0 Å². The minimum atomic E-state index is -0.288. The molecule has 2 rings (SSSR count). The Balaban J connectivity index is 1.72. The van der Waals surface area contributed by atoms with Crippen molar-refractivity contribution in [1.82, 2.24) is 10.6 Å². The van der Waals surface area contributed by atoms with Gasteiger partial charge in [-0.3, -0.25) is 9.59 Å². The Kier molecular flexibility index (Phi) is 5.19. The van der Waals surface area contributed by atoms with Gasteiger partial charge in [-0.15, -0.1) is 0 Å². The first kappa shape index (κ1) is 14.3. The molecular formula is C14H24N2O3. The molecule has 3 atom stereocenters. The molecule has 0 aromatic rings. The van der Waals surface area contributed by atoms with Crippen molar-refractivity contribution in [3.63, 3.8) is 0 Å². The van der Waals surface area contributed by atoms with Crippen LogP contribution in [0.2, 0.25) is 0 Å². The number of amides is 1. The molecule has 5 heteroatoms. The summed E-state index contributed by atoms with van der Waals surface area (Å²) >= 11 is 0. The van der Waals surface area contributed by atoms with E-state index in [1.54, 1.807) is 0 Å². The molecule has 1 saturated heterocycles. The third-order valence-corrected chi connectivity index (χ3v) is 4.32. The van der Waals surface area contributed by atoms with E-state index >= 15 is 0 Å². The van der Waals surface area contributed by atoms with Crippen LogP contribution in [0.15, 0.2) is 0 Å². The van der Waals surface area contributed by atoms with Gasteiger partial charge in [-0.05, 0) is 31.6 Å². The van der Waals surface area contributed by atoms with Gasteiger partial charge in [0.15, 0.2) is 0 Å². The summed E-state index contributed by atoms with van der Waals surface area (Å²) < 4.78 is 4.54. The van der Waals surface area contributed by atoms with Crippen molar-refractivity contribution in [2.75, 3.05) is 13.7 Å². The van der Waals surface area contributed by atoms with Gasteiger partial charge < -0.3 is 15.4 Å². The van der Waals surface area contributed by atoms with E-state index in [2.05, 4.69) is 15.4 Å². The topological polar surface area (TPSA) is 67.4 Å². The lowest BCUT2D eigenvalue weighted by Gasteiger charge is -2.39. The van der Waals surface area contributed by atoms with Crippen molar-refractivity contribution in [2.24, 2.45) is 5.92 Å². The third kappa shape index (κ3) is 3.93. The van der Waals surface area contributed by atoms with Gasteiger partial charge in [0.1, 0.15) is 0 Å². The molecule has 1 amide bonds. The highest BCUT2D eigenvalue weighted by Crippen LogP contribution is 2.32. The molecule has 0 aromatic heterocycles. The van der Waals surface area contributed by atoms with Gasteiger partial charge in [0, 0.05) is 12.6 Å². The Morgan fingerprint density at radius 2 is 2.00 bits per heavy atom. The number of hydrogen-bond acceptors (Lipinski definition) is 4. The fourth-order valence-electron chi connectivity index (χ4n) is 3.21. The SMILES string of the molecule is COC(=O)CCNC(=O)C1CCC2CCCCC2N1. The molecule has 1 aliphatic heterocycles. The average Bonchev–Trinajstić information content (AvgIpc) is 2.46. The number of carbonyl (C=O) groups excluding carboxylic acids is 2. The third-order valence-electron chi connectivity index (χ3n) is 4.32. The molecule has 5 nitrogen and oxygen atoms in total. The van der Waals surface area contributed by atoms with Crippen LogP contribution in [0, 0.1) is 5.92 Å². The van der Waals surface area contributed by atoms with Crippen molar-refractivity contribution < 1.29 is 14.3 Å². The standard InChI is InChI=1S/C14H24N2O3/c1-19-13(17)8-9-15-14(18)12-7-6-10-4-2-3-5-11(10)16-12/h10-12,16H,2-9H2,1H3,(H,15,18). The number of hydrogen-bond donors (Lipinski definition) is 2. The Labute approximate surface area is 114 Å². The predicted octanol–water partition coefficient (Wildman–Crippen LogP) is 0.976. The maximum absolute atomic E-state index is 12.0. The second kappa shape index (κ2) is 6.89. The Morgan fingerprint density at radius 1 is 1.21 bits per heavy atom. The highest BCUT2D eigenvalue weighted by molar-refractivity contribution is 5.82. The molecule has 19 heavy (non-hydrogen) atoms. The van der Waals surface area contributed by atoms with E-state index < -0.39 is 0 Å². The lowest BCUT2D eigenvalue weighted by molar-refractivity contribution is -0.140. The first-order chi connectivity index (χ1) is 9.20. The molecule has 0 radical (unpaired) electrons. The van der Waals surface area contributed by atoms with Crippen LogP contribution in [-0.2, 0) is 14.3 Å². The summed E-state index contributed by atoms with van der Waals surface area (Å²) in [5.41, 5.74) is 0. The van der Waals surface area contributed by atoms with E-state index in [-0.39, 0.29) is 24.3 Å². The zero-order valence-electron chi connectivity index (χ0n) is 11.6. The van der Waals surface area contributed by atoms with Crippen molar-refractivity contribution in [2.45, 2.75) is 57.0 Å². The molecule has 0 bridgehead atoms. The number of nitrogens with one attached hydrogen (secondary N) is 2. The van der Waals surface area contributed by atoms with Crippen LogP contribution < -0.4 is 10.6 Å². The van der Waals surface area contributed by atoms with Crippen LogP contribution in [0.1, 0.15) is 44.9 Å². The fourth-order valence-corrected chi connectivity index (χ4v) is 3.21. The van der Waals surface area contributed by atoms with Crippen LogP contribution in [0.25, 0.3) is 0 Å². The minimum absolute atomic E-state index is 0.0212. The van der Waals surface area contributed by atoms with E-state index in [4.69, 9.17) is 0 Å². The number of piperidine rings is 1. The monoisotopic (exact) mass is 268 g/mol. The van der Waals surface area contributed by atoms with Crippen molar-refractivity contribution in [3.8, 4) is 0 Å². The van der Waals surface area contributed by atoms with Gasteiger partial charge in [-0.25, -0.2) is 0 Å². The van der Waals surface area contributed by atoms with Gasteiger partial charge in [0.05, 0.1) is 19.6 Å². The fraction of sp³-hybridized carbons (Fsp3) is 0.857. The molecule has 1 aliphatic carbocycles. The van der Waals surface area contributed by atoms with Crippen LogP contribution in [0.5, 0.6) is 0 Å². The van der Waals surface area contributed by atoms with Gasteiger partial charge in [0.2, 0.25) is 5.91 Å². The Morgan fingerprint density at radius 3 is 2.79 bits per heavy atom. The first-order valence-corrected chi connectivity index (χ1v) is 7.31. The lowest BCUT2D eigenvalue weighted by atomic mass is 9.77. The number of rotatable bonds is 4. The Bertz CT molecular complexity index is 333. The maximum atomic E-state index is 12.0. The summed E-state index contributed by atoms with van der Waals surface area (Å²) in [6.07, 6.45) is 7.38. The van der Waals surface area contributed by atoms with E-state index in [1.165, 1.54) is 32.8 Å². The summed E-state index contributed by atoms with van der Waals surface area (Å²) in [6, 6.07) is 0.427. The van der Waals surface area contributed by atoms with Crippen LogP contribution in [0.4, 0.5) is 0 Å². The van der Waals surface area contributed by atoms with Crippen molar-refractivity contribution in [3.05, 3.63) is 0 Å². The molecule has 108 valence electrons. The number of ether oxygens (including phenoxy) is 1. The largest absolute Gasteiger partial charge is 0.469 e. The molecule has 2 aliphatic rings. The minimum Gasteiger partial charge on any atom is -0.469 e. The van der Waals surface area contributed by atoms with E-state index in [9.17, 15) is 9.59 Å². The molecule has 0 spiro atoms. The van der Waals surface area contributed by atoms with Gasteiger partial charge >= 0.3 is 5.97 Å². The highest BCUT2D eigenvalue weighted by atomic mass is 16.5. The summed E-state index contributed by atoms with van der Waals surface area (Å²) in [5, 5.41) is 6.29. The smallest absolute Gasteiger partial charge is 0.307 e. The second-order valence-electron chi connectivity index (χ2n) is 5.56. The molecular weight excluding hydrogens is 244 g/mol. The summed E-state index contributed by atoms with van der Waals surface area (Å²) in [6.45, 7) is 0.359. The maximum Gasteiger partial charge on any atom is 0.307 e. The Hall–Kier alpha value is -1.10. The number of methoxy groups -OCH3 is 1. The predicted molar refractivity (Wildman–Crippen MR) is 71.5 cm³/mol. The molecule has 1 heterocycles. The summed E-state index contributed by atoms with van der Waals surface area (Å²) in [5.74, 6) is 0.491. The van der Waals surface area contributed by atoms with Crippen LogP contribution in [-0.4, -0.2) is 37.6 Å². The molecule has 1 saturated carbocycles. The van der Waals surface area contributed by atoms with Crippen molar-refractivity contribution in [1.29, 1.82) is 0 Å². The van der Waals surface area contributed by atoms with E-state index in [0.717, 1.165) is 18.8 Å². The second-order valence-corrected chi connectivity index (χ2v) is 5.56. The summed E-state index contributed by atoms with van der Waals surface area (Å²) in [4.78, 5) is 23.0. The molecule has 2 fully saturated rings. The van der Waals surface area contributed by atoms with Gasteiger partial charge in [-0.2, -0.15) is 0 Å². The zero-order valence-corrected chi connectivity index (χ0v) is 11.6.